The van der Waals surface area contributed by atoms with Crippen molar-refractivity contribution < 1.29 is 17.0 Å². The van der Waals surface area contributed by atoms with Crippen LogP contribution in [0.1, 0.15) is 26.7 Å². The van der Waals surface area contributed by atoms with Gasteiger partial charge in [0.25, 0.3) is 0 Å². The van der Waals surface area contributed by atoms with Crippen molar-refractivity contribution in [2.45, 2.75) is 41.7 Å². The van der Waals surface area contributed by atoms with E-state index in [-0.39, 0.29) is 21.2 Å². The number of hydrogen-bond acceptors (Lipinski definition) is 8. The second-order valence-corrected chi connectivity index (χ2v) is 10.1. The molecule has 1 aromatic carbocycles. The summed E-state index contributed by atoms with van der Waals surface area (Å²) in [6, 6.07) is 6.52. The first-order chi connectivity index (χ1) is 14.9. The Morgan fingerprint density at radius 1 is 1.23 bits per heavy atom. The molecule has 10 nitrogen and oxygen atoms in total. The number of aromatic nitrogens is 5. The monoisotopic (exact) mass is 460 g/mol. The highest BCUT2D eigenvalue weighted by atomic mass is 32.2. The van der Waals surface area contributed by atoms with Gasteiger partial charge in [0.15, 0.2) is 15.4 Å². The summed E-state index contributed by atoms with van der Waals surface area (Å²) in [6.07, 6.45) is 3.95. The summed E-state index contributed by atoms with van der Waals surface area (Å²) < 4.78 is 44.8. The summed E-state index contributed by atoms with van der Waals surface area (Å²) in [5.74, 6) is 0.0740. The second kappa shape index (κ2) is 8.29. The average Bonchev–Trinajstić information content (AvgIpc) is 3.44. The topological polar surface area (TPSA) is 158 Å². The molecule has 4 rings (SSSR count). The molecule has 0 amide bonds. The highest BCUT2D eigenvalue weighted by Crippen LogP contribution is 2.39. The third-order valence-corrected chi connectivity index (χ3v) is 8.61. The van der Waals surface area contributed by atoms with Crippen molar-refractivity contribution in [2.75, 3.05) is 0 Å². The molecule has 31 heavy (non-hydrogen) atoms. The molecule has 162 valence electrons. The van der Waals surface area contributed by atoms with Crippen LogP contribution in [-0.4, -0.2) is 43.5 Å². The van der Waals surface area contributed by atoms with Gasteiger partial charge in [0.05, 0.1) is 21.3 Å². The van der Waals surface area contributed by atoms with Gasteiger partial charge in [0, 0.05) is 23.4 Å². The number of benzene rings is 1. The molecule has 0 fully saturated rings. The van der Waals surface area contributed by atoms with Gasteiger partial charge in [-0.3, -0.25) is 4.98 Å². The lowest BCUT2D eigenvalue weighted by molar-refractivity contribution is 0.569. The van der Waals surface area contributed by atoms with Crippen LogP contribution in [0.4, 0.5) is 0 Å². The minimum absolute atomic E-state index is 0.0645. The second-order valence-electron chi connectivity index (χ2n) is 6.86. The van der Waals surface area contributed by atoms with E-state index in [1.807, 2.05) is 0 Å². The number of nitrogens with one attached hydrogen (secondary N) is 1. The number of nitrogens with zero attached hydrogens (tertiary/aromatic N) is 4. The number of hydrogen-bond donors (Lipinski definition) is 2. The van der Waals surface area contributed by atoms with Gasteiger partial charge in [-0.2, -0.15) is 5.21 Å². The predicted molar refractivity (Wildman–Crippen MR) is 115 cm³/mol. The number of furan rings is 1. The summed E-state index contributed by atoms with van der Waals surface area (Å²) in [6.45, 7) is 3.59. The Kier molecular flexibility index (Phi) is 5.69. The van der Waals surface area contributed by atoms with Crippen LogP contribution in [0.2, 0.25) is 0 Å². The lowest BCUT2D eigenvalue weighted by atomic mass is 10.0. The van der Waals surface area contributed by atoms with Crippen LogP contribution >= 0.6 is 0 Å². The van der Waals surface area contributed by atoms with Crippen molar-refractivity contribution in [3.8, 4) is 22.5 Å². The Bertz CT molecular complexity index is 1360. The first kappa shape index (κ1) is 21.3. The fourth-order valence-corrected chi connectivity index (χ4v) is 6.74. The van der Waals surface area contributed by atoms with Gasteiger partial charge in [-0.05, 0) is 35.8 Å². The minimum Gasteiger partial charge on any atom is -0.463 e. The Balaban J connectivity index is 2.06. The molecule has 0 bridgehead atoms. The van der Waals surface area contributed by atoms with Crippen LogP contribution in [0.3, 0.4) is 0 Å². The van der Waals surface area contributed by atoms with E-state index in [1.54, 1.807) is 38.2 Å². The Hall–Kier alpha value is -2.96. The molecule has 4 aromatic rings. The first-order valence-electron chi connectivity index (χ1n) is 9.53. The molecule has 0 saturated heterocycles. The summed E-state index contributed by atoms with van der Waals surface area (Å²) in [5, 5.41) is 19.1. The quantitative estimate of drug-likeness (QED) is 0.426. The summed E-state index contributed by atoms with van der Waals surface area (Å²) in [5.41, 5.74) is 2.53. The zero-order valence-electron chi connectivity index (χ0n) is 16.8. The zero-order chi connectivity index (χ0) is 22.2. The number of rotatable bonds is 7. The average molecular weight is 461 g/mol. The summed E-state index contributed by atoms with van der Waals surface area (Å²) in [7, 11) is -5.96. The first-order valence-corrected chi connectivity index (χ1v) is 12.3. The smallest absolute Gasteiger partial charge is 0.206 e. The molecule has 1 atom stereocenters. The highest BCUT2D eigenvalue weighted by molar-refractivity contribution is 7.93. The third-order valence-electron chi connectivity index (χ3n) is 5.16. The molecule has 0 aliphatic heterocycles. The minimum atomic E-state index is -3.81. The maximum atomic E-state index is 13.3. The van der Waals surface area contributed by atoms with E-state index in [4.69, 9.17) is 9.56 Å². The van der Waals surface area contributed by atoms with E-state index >= 15 is 0 Å². The highest BCUT2D eigenvalue weighted by Gasteiger charge is 2.32. The van der Waals surface area contributed by atoms with E-state index in [2.05, 4.69) is 25.6 Å². The number of tetrazole rings is 1. The molecule has 12 heteroatoms. The standard InChI is InChI=1S/C19H20N6O4S2/c1-3-12(4-2)31(27,28)16-6-5-13(11-9-15-14(21-10-11)7-8-29-15)17(18(16)30(20)26)19-22-24-25-23-19/h5-10,12H,3-4,20H2,1-2H3,(H,22,23,24,25). The number of nitrogens with two attached hydrogens (primary N) is 1. The fraction of sp³-hybridized carbons (Fsp3) is 0.263. The maximum Gasteiger partial charge on any atom is 0.206 e. The number of aromatic amines is 1. The van der Waals surface area contributed by atoms with E-state index in [0.717, 1.165) is 0 Å². The van der Waals surface area contributed by atoms with Gasteiger partial charge in [0.2, 0.25) is 5.82 Å². The SMILES string of the molecule is CCC(CC)S(=O)(=O)c1ccc(-c2cnc3ccoc3c2)c(-c2nn[nH]n2)c1S(N)=O. The van der Waals surface area contributed by atoms with Crippen molar-refractivity contribution in [1.82, 2.24) is 25.6 Å². The normalized spacial score (nSPS) is 13.2. The summed E-state index contributed by atoms with van der Waals surface area (Å²) >= 11 is 0. The Labute approximate surface area is 180 Å². The molecule has 0 aliphatic carbocycles. The number of pyridine rings is 1. The van der Waals surface area contributed by atoms with Crippen molar-refractivity contribution in [3.05, 3.63) is 36.7 Å². The van der Waals surface area contributed by atoms with Crippen LogP contribution in [0.15, 0.2) is 50.9 Å². The molecule has 3 N–H and O–H groups in total. The molecular weight excluding hydrogens is 440 g/mol. The zero-order valence-corrected chi connectivity index (χ0v) is 18.4. The molecule has 3 heterocycles. The van der Waals surface area contributed by atoms with Gasteiger partial charge in [0.1, 0.15) is 16.5 Å². The van der Waals surface area contributed by atoms with Gasteiger partial charge < -0.3 is 4.42 Å². The van der Waals surface area contributed by atoms with E-state index < -0.39 is 26.1 Å². The maximum absolute atomic E-state index is 13.3. The van der Waals surface area contributed by atoms with Crippen LogP contribution in [0.25, 0.3) is 33.6 Å². The van der Waals surface area contributed by atoms with Crippen molar-refractivity contribution in [1.29, 1.82) is 0 Å². The van der Waals surface area contributed by atoms with Crippen LogP contribution in [-0.2, 0) is 20.8 Å². The van der Waals surface area contributed by atoms with Crippen LogP contribution in [0.5, 0.6) is 0 Å². The lowest BCUT2D eigenvalue weighted by Crippen LogP contribution is -2.23. The molecule has 0 saturated carbocycles. The van der Waals surface area contributed by atoms with Crippen molar-refractivity contribution in [3.63, 3.8) is 0 Å². The molecule has 1 unspecified atom stereocenters. The Morgan fingerprint density at radius 3 is 2.65 bits per heavy atom. The van der Waals surface area contributed by atoms with Gasteiger partial charge in [-0.15, -0.1) is 10.2 Å². The number of H-pyrrole nitrogens is 1. The van der Waals surface area contributed by atoms with E-state index in [1.165, 1.54) is 12.3 Å². The third kappa shape index (κ3) is 3.66. The fourth-order valence-electron chi connectivity index (χ4n) is 3.62. The molecule has 0 radical (unpaired) electrons. The number of fused-ring (bicyclic) bond motifs is 1. The molecular formula is C19H20N6O4S2. The van der Waals surface area contributed by atoms with Crippen LogP contribution < -0.4 is 5.14 Å². The molecule has 0 aliphatic rings. The van der Waals surface area contributed by atoms with Crippen molar-refractivity contribution in [2.24, 2.45) is 5.14 Å². The Morgan fingerprint density at radius 2 is 2.00 bits per heavy atom. The number of sulfone groups is 1. The van der Waals surface area contributed by atoms with Gasteiger partial charge in [-0.1, -0.05) is 19.9 Å². The van der Waals surface area contributed by atoms with E-state index in [0.29, 0.717) is 35.1 Å². The predicted octanol–water partition coefficient (Wildman–Crippen LogP) is 2.62. The summed E-state index contributed by atoms with van der Waals surface area (Å²) in [4.78, 5) is 4.19. The molecule has 0 spiro atoms. The van der Waals surface area contributed by atoms with E-state index in [9.17, 15) is 12.6 Å². The van der Waals surface area contributed by atoms with Crippen molar-refractivity contribution >= 4 is 31.9 Å². The van der Waals surface area contributed by atoms with Crippen LogP contribution in [0, 0.1) is 0 Å². The molecule has 3 aromatic heterocycles. The van der Waals surface area contributed by atoms with Gasteiger partial charge in [-0.25, -0.2) is 17.8 Å². The lowest BCUT2D eigenvalue weighted by Gasteiger charge is -2.19. The van der Waals surface area contributed by atoms with Gasteiger partial charge >= 0.3 is 0 Å². The largest absolute Gasteiger partial charge is 0.463 e.